The summed E-state index contributed by atoms with van der Waals surface area (Å²) in [6, 6.07) is 6.24. The highest BCUT2D eigenvalue weighted by Crippen LogP contribution is 2.27. The zero-order valence-electron chi connectivity index (χ0n) is 10.9. The molecule has 0 spiro atoms. The van der Waals surface area contributed by atoms with Crippen LogP contribution in [0.3, 0.4) is 0 Å². The highest BCUT2D eigenvalue weighted by molar-refractivity contribution is 6.32. The van der Waals surface area contributed by atoms with E-state index in [0.29, 0.717) is 16.8 Å². The molecule has 1 aromatic rings. The van der Waals surface area contributed by atoms with Crippen LogP contribution in [-0.2, 0) is 0 Å². The van der Waals surface area contributed by atoms with Crippen LogP contribution in [0.1, 0.15) is 0 Å². The maximum atomic E-state index is 6.09. The minimum Gasteiger partial charge on any atom is -0.495 e. The van der Waals surface area contributed by atoms with E-state index >= 15 is 0 Å². The Morgan fingerprint density at radius 3 is 3.06 bits per heavy atom. The fourth-order valence-electron chi connectivity index (χ4n) is 2.15. The second-order valence-electron chi connectivity index (χ2n) is 4.64. The SMILES string of the molecule is COc1ccc(NCC2CN(C)CCN2)cc1Cl. The summed E-state index contributed by atoms with van der Waals surface area (Å²) < 4.78 is 5.13. The molecular weight excluding hydrogens is 250 g/mol. The molecule has 1 aliphatic rings. The third kappa shape index (κ3) is 3.51. The van der Waals surface area contributed by atoms with E-state index in [2.05, 4.69) is 22.6 Å². The normalized spacial score (nSPS) is 20.7. The first-order valence-electron chi connectivity index (χ1n) is 6.18. The van der Waals surface area contributed by atoms with Gasteiger partial charge in [0, 0.05) is 37.9 Å². The Hall–Kier alpha value is -0.970. The van der Waals surface area contributed by atoms with Gasteiger partial charge in [0.15, 0.2) is 0 Å². The fraction of sp³-hybridized carbons (Fsp3) is 0.538. The van der Waals surface area contributed by atoms with E-state index in [4.69, 9.17) is 16.3 Å². The van der Waals surface area contributed by atoms with Gasteiger partial charge in [-0.1, -0.05) is 11.6 Å². The number of hydrogen-bond donors (Lipinski definition) is 2. The Kier molecular flexibility index (Phi) is 4.69. The van der Waals surface area contributed by atoms with Gasteiger partial charge in [-0.15, -0.1) is 0 Å². The Bertz CT molecular complexity index is 400. The molecule has 0 aliphatic carbocycles. The molecule has 1 fully saturated rings. The first-order chi connectivity index (χ1) is 8.69. The summed E-state index contributed by atoms with van der Waals surface area (Å²) in [6.45, 7) is 4.13. The maximum absolute atomic E-state index is 6.09. The number of ether oxygens (including phenoxy) is 1. The third-order valence-electron chi connectivity index (χ3n) is 3.16. The number of anilines is 1. The molecule has 0 saturated carbocycles. The first-order valence-corrected chi connectivity index (χ1v) is 6.56. The van der Waals surface area contributed by atoms with Crippen molar-refractivity contribution < 1.29 is 4.74 Å². The highest BCUT2D eigenvalue weighted by atomic mass is 35.5. The van der Waals surface area contributed by atoms with Crippen LogP contribution in [0, 0.1) is 0 Å². The van der Waals surface area contributed by atoms with E-state index in [1.54, 1.807) is 7.11 Å². The van der Waals surface area contributed by atoms with E-state index in [0.717, 1.165) is 31.9 Å². The van der Waals surface area contributed by atoms with Crippen LogP contribution >= 0.6 is 11.6 Å². The van der Waals surface area contributed by atoms with Gasteiger partial charge in [0.1, 0.15) is 5.75 Å². The molecule has 18 heavy (non-hydrogen) atoms. The van der Waals surface area contributed by atoms with Crippen molar-refractivity contribution in [2.24, 2.45) is 0 Å². The highest BCUT2D eigenvalue weighted by Gasteiger charge is 2.15. The zero-order chi connectivity index (χ0) is 13.0. The number of nitrogens with one attached hydrogen (secondary N) is 2. The average molecular weight is 270 g/mol. The molecule has 4 nitrogen and oxygen atoms in total. The molecule has 0 aromatic heterocycles. The lowest BCUT2D eigenvalue weighted by Gasteiger charge is -2.31. The Morgan fingerprint density at radius 2 is 2.39 bits per heavy atom. The molecule has 1 aliphatic heterocycles. The number of hydrogen-bond acceptors (Lipinski definition) is 4. The van der Waals surface area contributed by atoms with Gasteiger partial charge in [0.05, 0.1) is 12.1 Å². The molecular formula is C13H20ClN3O. The summed E-state index contributed by atoms with van der Waals surface area (Å²) >= 11 is 6.09. The topological polar surface area (TPSA) is 36.5 Å². The molecule has 0 radical (unpaired) electrons. The Labute approximate surface area is 113 Å². The van der Waals surface area contributed by atoms with Crippen LogP contribution in [0.5, 0.6) is 5.75 Å². The monoisotopic (exact) mass is 269 g/mol. The van der Waals surface area contributed by atoms with Crippen molar-refractivity contribution in [2.75, 3.05) is 45.7 Å². The molecule has 0 amide bonds. The maximum Gasteiger partial charge on any atom is 0.137 e. The minimum atomic E-state index is 0.477. The lowest BCUT2D eigenvalue weighted by atomic mass is 10.2. The van der Waals surface area contributed by atoms with E-state index < -0.39 is 0 Å². The van der Waals surface area contributed by atoms with Gasteiger partial charge in [0.2, 0.25) is 0 Å². The number of halogens is 1. The van der Waals surface area contributed by atoms with Crippen molar-refractivity contribution in [3.8, 4) is 5.75 Å². The molecule has 1 saturated heterocycles. The van der Waals surface area contributed by atoms with Gasteiger partial charge in [-0.25, -0.2) is 0 Å². The molecule has 100 valence electrons. The van der Waals surface area contributed by atoms with Gasteiger partial charge in [-0.2, -0.15) is 0 Å². The lowest BCUT2D eigenvalue weighted by molar-refractivity contribution is 0.244. The van der Waals surface area contributed by atoms with Crippen LogP contribution in [0.2, 0.25) is 5.02 Å². The van der Waals surface area contributed by atoms with E-state index in [-0.39, 0.29) is 0 Å². The second kappa shape index (κ2) is 6.27. The molecule has 2 rings (SSSR count). The number of piperazine rings is 1. The summed E-state index contributed by atoms with van der Waals surface area (Å²) in [7, 11) is 3.77. The van der Waals surface area contributed by atoms with Gasteiger partial charge in [-0.05, 0) is 25.2 Å². The van der Waals surface area contributed by atoms with Crippen molar-refractivity contribution in [2.45, 2.75) is 6.04 Å². The van der Waals surface area contributed by atoms with Crippen LogP contribution in [0.15, 0.2) is 18.2 Å². The second-order valence-corrected chi connectivity index (χ2v) is 5.05. The molecule has 1 heterocycles. The molecule has 1 atom stereocenters. The minimum absolute atomic E-state index is 0.477. The fourth-order valence-corrected chi connectivity index (χ4v) is 2.40. The Balaban J connectivity index is 1.88. The van der Waals surface area contributed by atoms with Gasteiger partial charge in [0.25, 0.3) is 0 Å². The van der Waals surface area contributed by atoms with Crippen molar-refractivity contribution in [1.29, 1.82) is 0 Å². The summed E-state index contributed by atoms with van der Waals surface area (Å²) in [5.74, 6) is 0.706. The number of nitrogens with zero attached hydrogens (tertiary/aromatic N) is 1. The lowest BCUT2D eigenvalue weighted by Crippen LogP contribution is -2.51. The van der Waals surface area contributed by atoms with Crippen LogP contribution < -0.4 is 15.4 Å². The van der Waals surface area contributed by atoms with E-state index in [1.807, 2.05) is 18.2 Å². The zero-order valence-corrected chi connectivity index (χ0v) is 11.6. The summed E-state index contributed by atoms with van der Waals surface area (Å²) in [4.78, 5) is 2.34. The predicted molar refractivity (Wildman–Crippen MR) is 75.8 cm³/mol. The van der Waals surface area contributed by atoms with Crippen molar-refractivity contribution in [3.05, 3.63) is 23.2 Å². The average Bonchev–Trinajstić information content (AvgIpc) is 2.37. The summed E-state index contributed by atoms with van der Waals surface area (Å²) in [5, 5.41) is 7.53. The van der Waals surface area contributed by atoms with Crippen LogP contribution in [-0.4, -0.2) is 51.3 Å². The van der Waals surface area contributed by atoms with E-state index in [1.165, 1.54) is 0 Å². The standard InChI is InChI=1S/C13H20ClN3O/c1-17-6-5-15-11(9-17)8-16-10-3-4-13(18-2)12(14)7-10/h3-4,7,11,15-16H,5-6,8-9H2,1-2H3. The largest absolute Gasteiger partial charge is 0.495 e. The third-order valence-corrected chi connectivity index (χ3v) is 3.46. The van der Waals surface area contributed by atoms with Crippen molar-refractivity contribution in [3.63, 3.8) is 0 Å². The quantitative estimate of drug-likeness (QED) is 0.872. The number of methoxy groups -OCH3 is 1. The van der Waals surface area contributed by atoms with E-state index in [9.17, 15) is 0 Å². The summed E-state index contributed by atoms with van der Waals surface area (Å²) in [6.07, 6.45) is 0. The molecule has 0 bridgehead atoms. The Morgan fingerprint density at radius 1 is 1.56 bits per heavy atom. The van der Waals surface area contributed by atoms with Crippen LogP contribution in [0.25, 0.3) is 0 Å². The van der Waals surface area contributed by atoms with Crippen molar-refractivity contribution >= 4 is 17.3 Å². The molecule has 1 aromatic carbocycles. The number of benzene rings is 1. The predicted octanol–water partition coefficient (Wildman–Crippen LogP) is 1.66. The smallest absolute Gasteiger partial charge is 0.137 e. The van der Waals surface area contributed by atoms with Crippen LogP contribution in [0.4, 0.5) is 5.69 Å². The van der Waals surface area contributed by atoms with Crippen molar-refractivity contribution in [1.82, 2.24) is 10.2 Å². The summed E-state index contributed by atoms with van der Waals surface area (Å²) in [5.41, 5.74) is 1.02. The number of rotatable bonds is 4. The van der Waals surface area contributed by atoms with Gasteiger partial charge in [-0.3, -0.25) is 0 Å². The first kappa shape index (κ1) is 13.5. The molecule has 5 heteroatoms. The van der Waals surface area contributed by atoms with Gasteiger partial charge < -0.3 is 20.3 Å². The van der Waals surface area contributed by atoms with Gasteiger partial charge >= 0.3 is 0 Å². The number of likely N-dealkylation sites (N-methyl/N-ethyl adjacent to an activating group) is 1. The molecule has 1 unspecified atom stereocenters. The molecule has 2 N–H and O–H groups in total.